The van der Waals surface area contributed by atoms with Gasteiger partial charge in [0, 0.05) is 17.3 Å². The molecule has 1 unspecified atom stereocenters. The van der Waals surface area contributed by atoms with Crippen molar-refractivity contribution in [1.82, 2.24) is 4.90 Å². The Balaban J connectivity index is 1.78. The van der Waals surface area contributed by atoms with E-state index < -0.39 is 0 Å². The zero-order valence-corrected chi connectivity index (χ0v) is 12.3. The summed E-state index contributed by atoms with van der Waals surface area (Å²) in [5.74, 6) is 1.37. The fourth-order valence-electron chi connectivity index (χ4n) is 2.32. The molecule has 0 aliphatic carbocycles. The SMILES string of the molecule is O=C(CSCc1cccc(Cl)c1)N1CCCC1CO. The molecule has 0 bridgehead atoms. The molecule has 0 aromatic heterocycles. The Hall–Kier alpha value is -0.710. The van der Waals surface area contributed by atoms with Crippen LogP contribution in [-0.2, 0) is 10.5 Å². The van der Waals surface area contributed by atoms with Crippen molar-refractivity contribution in [2.24, 2.45) is 0 Å². The second kappa shape index (κ2) is 7.17. The molecule has 1 heterocycles. The van der Waals surface area contributed by atoms with Crippen LogP contribution in [0.3, 0.4) is 0 Å². The van der Waals surface area contributed by atoms with Gasteiger partial charge in [-0.05, 0) is 30.5 Å². The van der Waals surface area contributed by atoms with E-state index in [1.807, 2.05) is 29.2 Å². The molecule has 1 aromatic rings. The number of rotatable bonds is 5. The van der Waals surface area contributed by atoms with Gasteiger partial charge in [-0.15, -0.1) is 11.8 Å². The van der Waals surface area contributed by atoms with Crippen LogP contribution in [0.2, 0.25) is 5.02 Å². The molecule has 1 aliphatic heterocycles. The Bertz CT molecular complexity index is 441. The Morgan fingerprint density at radius 2 is 2.37 bits per heavy atom. The van der Waals surface area contributed by atoms with Crippen LogP contribution >= 0.6 is 23.4 Å². The maximum atomic E-state index is 12.0. The summed E-state index contributed by atoms with van der Waals surface area (Å²) in [5.41, 5.74) is 1.13. The summed E-state index contributed by atoms with van der Waals surface area (Å²) in [6.07, 6.45) is 1.91. The second-order valence-electron chi connectivity index (χ2n) is 4.69. The first-order valence-corrected chi connectivity index (χ1v) is 7.96. The van der Waals surface area contributed by atoms with Crippen molar-refractivity contribution in [2.45, 2.75) is 24.6 Å². The molecule has 5 heteroatoms. The molecule has 1 fully saturated rings. The van der Waals surface area contributed by atoms with E-state index >= 15 is 0 Å². The fourth-order valence-corrected chi connectivity index (χ4v) is 3.39. The number of hydrogen-bond donors (Lipinski definition) is 1. The highest BCUT2D eigenvalue weighted by molar-refractivity contribution is 7.99. The van der Waals surface area contributed by atoms with Crippen LogP contribution in [0.15, 0.2) is 24.3 Å². The van der Waals surface area contributed by atoms with Crippen molar-refractivity contribution in [1.29, 1.82) is 0 Å². The lowest BCUT2D eigenvalue weighted by molar-refractivity contribution is -0.129. The molecule has 3 nitrogen and oxygen atoms in total. The summed E-state index contributed by atoms with van der Waals surface area (Å²) in [6.45, 7) is 0.854. The summed E-state index contributed by atoms with van der Waals surface area (Å²) >= 11 is 7.51. The molecule has 0 saturated carbocycles. The Kier molecular flexibility index (Phi) is 5.55. The highest BCUT2D eigenvalue weighted by atomic mass is 35.5. The number of hydrogen-bond acceptors (Lipinski definition) is 3. The first kappa shape index (κ1) is 14.7. The minimum Gasteiger partial charge on any atom is -0.394 e. The van der Waals surface area contributed by atoms with E-state index in [4.69, 9.17) is 11.6 Å². The first-order valence-electron chi connectivity index (χ1n) is 6.43. The molecule has 1 aromatic carbocycles. The maximum absolute atomic E-state index is 12.0. The van der Waals surface area contributed by atoms with Crippen molar-refractivity contribution < 1.29 is 9.90 Å². The van der Waals surface area contributed by atoms with Crippen LogP contribution in [0.25, 0.3) is 0 Å². The lowest BCUT2D eigenvalue weighted by atomic mass is 10.2. The number of halogens is 1. The number of nitrogens with zero attached hydrogens (tertiary/aromatic N) is 1. The lowest BCUT2D eigenvalue weighted by Gasteiger charge is -2.22. The van der Waals surface area contributed by atoms with Gasteiger partial charge in [0.05, 0.1) is 18.4 Å². The summed E-state index contributed by atoms with van der Waals surface area (Å²) < 4.78 is 0. The number of amides is 1. The molecule has 1 saturated heterocycles. The van der Waals surface area contributed by atoms with E-state index in [1.165, 1.54) is 0 Å². The Morgan fingerprint density at radius 3 is 3.11 bits per heavy atom. The molecule has 1 N–H and O–H groups in total. The molecule has 1 amide bonds. The van der Waals surface area contributed by atoms with Gasteiger partial charge >= 0.3 is 0 Å². The van der Waals surface area contributed by atoms with Crippen LogP contribution < -0.4 is 0 Å². The van der Waals surface area contributed by atoms with Crippen LogP contribution in [0.1, 0.15) is 18.4 Å². The standard InChI is InChI=1S/C14H18ClNO2S/c15-12-4-1-3-11(7-12)9-19-10-14(18)16-6-2-5-13(16)8-17/h1,3-4,7,13,17H,2,5-6,8-10H2. The fraction of sp³-hybridized carbons (Fsp3) is 0.500. The lowest BCUT2D eigenvalue weighted by Crippen LogP contribution is -2.38. The van der Waals surface area contributed by atoms with Gasteiger partial charge in [-0.2, -0.15) is 0 Å². The van der Waals surface area contributed by atoms with Crippen LogP contribution in [0.4, 0.5) is 0 Å². The van der Waals surface area contributed by atoms with Crippen molar-refractivity contribution in [3.05, 3.63) is 34.9 Å². The monoisotopic (exact) mass is 299 g/mol. The summed E-state index contributed by atoms with van der Waals surface area (Å²) in [6, 6.07) is 7.72. The Labute approximate surface area is 122 Å². The highest BCUT2D eigenvalue weighted by Gasteiger charge is 2.27. The van der Waals surface area contributed by atoms with E-state index in [0.717, 1.165) is 35.7 Å². The predicted molar refractivity (Wildman–Crippen MR) is 79.4 cm³/mol. The third-order valence-corrected chi connectivity index (χ3v) is 4.52. The average molecular weight is 300 g/mol. The van der Waals surface area contributed by atoms with Crippen molar-refractivity contribution in [3.8, 4) is 0 Å². The third kappa shape index (κ3) is 4.13. The van der Waals surface area contributed by atoms with Crippen LogP contribution in [-0.4, -0.2) is 40.9 Å². The molecule has 0 radical (unpaired) electrons. The summed E-state index contributed by atoms with van der Waals surface area (Å²) in [4.78, 5) is 13.9. The highest BCUT2D eigenvalue weighted by Crippen LogP contribution is 2.20. The predicted octanol–water partition coefficient (Wildman–Crippen LogP) is 2.56. The molecular weight excluding hydrogens is 282 g/mol. The van der Waals surface area contributed by atoms with E-state index in [0.29, 0.717) is 5.75 Å². The number of likely N-dealkylation sites (tertiary alicyclic amines) is 1. The van der Waals surface area contributed by atoms with Crippen molar-refractivity contribution >= 4 is 29.3 Å². The van der Waals surface area contributed by atoms with E-state index in [-0.39, 0.29) is 18.6 Å². The van der Waals surface area contributed by atoms with Gasteiger partial charge in [-0.3, -0.25) is 4.79 Å². The number of carbonyl (C=O) groups is 1. The van der Waals surface area contributed by atoms with Crippen molar-refractivity contribution in [2.75, 3.05) is 18.9 Å². The normalized spacial score (nSPS) is 18.8. The smallest absolute Gasteiger partial charge is 0.232 e. The van der Waals surface area contributed by atoms with Crippen molar-refractivity contribution in [3.63, 3.8) is 0 Å². The van der Waals surface area contributed by atoms with Gasteiger partial charge in [-0.25, -0.2) is 0 Å². The third-order valence-electron chi connectivity index (χ3n) is 3.29. The number of thioether (sulfide) groups is 1. The van der Waals surface area contributed by atoms with Gasteiger partial charge in [0.25, 0.3) is 0 Å². The summed E-state index contributed by atoms with van der Waals surface area (Å²) in [5, 5.41) is 9.93. The topological polar surface area (TPSA) is 40.5 Å². The first-order chi connectivity index (χ1) is 9.20. The minimum atomic E-state index is 0.0271. The molecule has 104 valence electrons. The largest absolute Gasteiger partial charge is 0.394 e. The van der Waals surface area contributed by atoms with Gasteiger partial charge in [0.1, 0.15) is 0 Å². The van der Waals surface area contributed by atoms with Gasteiger partial charge < -0.3 is 10.0 Å². The van der Waals surface area contributed by atoms with E-state index in [9.17, 15) is 9.90 Å². The number of aliphatic hydroxyl groups is 1. The van der Waals surface area contributed by atoms with E-state index in [1.54, 1.807) is 11.8 Å². The summed E-state index contributed by atoms with van der Waals surface area (Å²) in [7, 11) is 0. The zero-order chi connectivity index (χ0) is 13.7. The molecule has 1 aliphatic rings. The average Bonchev–Trinajstić information content (AvgIpc) is 2.87. The zero-order valence-electron chi connectivity index (χ0n) is 10.7. The molecule has 19 heavy (non-hydrogen) atoms. The molecule has 1 atom stereocenters. The number of carbonyl (C=O) groups excluding carboxylic acids is 1. The van der Waals surface area contributed by atoms with Crippen LogP contribution in [0.5, 0.6) is 0 Å². The molecule has 2 rings (SSSR count). The van der Waals surface area contributed by atoms with Gasteiger partial charge in [0.15, 0.2) is 0 Å². The maximum Gasteiger partial charge on any atom is 0.232 e. The van der Waals surface area contributed by atoms with Gasteiger partial charge in [0.2, 0.25) is 5.91 Å². The molecule has 0 spiro atoms. The Morgan fingerprint density at radius 1 is 1.53 bits per heavy atom. The minimum absolute atomic E-state index is 0.0271. The number of benzene rings is 1. The van der Waals surface area contributed by atoms with Crippen LogP contribution in [0, 0.1) is 0 Å². The quantitative estimate of drug-likeness (QED) is 0.908. The number of aliphatic hydroxyl groups excluding tert-OH is 1. The molecular formula is C14H18ClNO2S. The van der Waals surface area contributed by atoms with E-state index in [2.05, 4.69) is 0 Å². The van der Waals surface area contributed by atoms with Gasteiger partial charge in [-0.1, -0.05) is 23.7 Å². The second-order valence-corrected chi connectivity index (χ2v) is 6.11.